The molecule has 0 radical (unpaired) electrons. The first-order chi connectivity index (χ1) is 8.30. The molecule has 1 aromatic carbocycles. The molecular weight excluding hydrogens is 255 g/mol. The number of aromatic hydroxyl groups is 1. The molecule has 1 rings (SSSR count). The van der Waals surface area contributed by atoms with E-state index in [0.717, 1.165) is 6.07 Å². The third-order valence-corrected chi connectivity index (χ3v) is 3.29. The van der Waals surface area contributed by atoms with Gasteiger partial charge in [0, 0.05) is 6.07 Å². The van der Waals surface area contributed by atoms with Crippen LogP contribution in [0.5, 0.6) is 5.75 Å². The summed E-state index contributed by atoms with van der Waals surface area (Å²) in [4.78, 5) is 12.0. The van der Waals surface area contributed by atoms with Crippen LogP contribution in [0.4, 0.5) is 4.39 Å². The Morgan fingerprint density at radius 1 is 1.61 bits per heavy atom. The van der Waals surface area contributed by atoms with Crippen molar-refractivity contribution in [3.05, 3.63) is 29.6 Å². The number of carbonyl (C=O) groups is 1. The maximum absolute atomic E-state index is 13.5. The average molecular weight is 270 g/mol. The van der Waals surface area contributed by atoms with Gasteiger partial charge in [0.2, 0.25) is 0 Å². The van der Waals surface area contributed by atoms with Crippen LogP contribution in [0, 0.1) is 5.82 Å². The molecule has 0 aromatic heterocycles. The maximum atomic E-state index is 13.5. The van der Waals surface area contributed by atoms with Crippen LogP contribution >= 0.6 is 12.2 Å². The van der Waals surface area contributed by atoms with Crippen molar-refractivity contribution < 1.29 is 14.3 Å². The molecule has 0 aliphatic carbocycles. The van der Waals surface area contributed by atoms with E-state index in [0.29, 0.717) is 6.42 Å². The summed E-state index contributed by atoms with van der Waals surface area (Å²) in [5, 5.41) is 11.7. The Balaban J connectivity index is 2.98. The largest absolute Gasteiger partial charge is 0.508 e. The number of rotatable bonds is 4. The molecule has 1 amide bonds. The van der Waals surface area contributed by atoms with Crippen LogP contribution in [-0.4, -0.2) is 21.5 Å². The number of benzene rings is 1. The van der Waals surface area contributed by atoms with Gasteiger partial charge < -0.3 is 16.2 Å². The predicted molar refractivity (Wildman–Crippen MR) is 71.0 cm³/mol. The lowest BCUT2D eigenvalue weighted by Gasteiger charge is -2.28. The summed E-state index contributed by atoms with van der Waals surface area (Å²) in [7, 11) is 0. The topological polar surface area (TPSA) is 75.3 Å². The van der Waals surface area contributed by atoms with Crippen LogP contribution in [0.25, 0.3) is 0 Å². The number of halogens is 1. The zero-order chi connectivity index (χ0) is 13.9. The normalized spacial score (nSPS) is 13.7. The second kappa shape index (κ2) is 5.30. The first kappa shape index (κ1) is 14.4. The molecular formula is C12H15FN2O2S. The number of thiocarbonyl (C=S) groups is 1. The SMILES string of the molecule is CCC(C)(NC(=O)c1ccc(O)cc1F)C(N)=S. The Kier molecular flexibility index (Phi) is 4.24. The molecule has 1 unspecified atom stereocenters. The Hall–Kier alpha value is -1.69. The number of hydrogen-bond donors (Lipinski definition) is 3. The summed E-state index contributed by atoms with van der Waals surface area (Å²) in [5.74, 6) is -1.66. The molecule has 0 aliphatic heterocycles. The summed E-state index contributed by atoms with van der Waals surface area (Å²) < 4.78 is 13.5. The molecule has 1 aromatic rings. The number of hydrogen-bond acceptors (Lipinski definition) is 3. The Morgan fingerprint density at radius 3 is 2.67 bits per heavy atom. The minimum Gasteiger partial charge on any atom is -0.508 e. The highest BCUT2D eigenvalue weighted by atomic mass is 32.1. The molecule has 0 heterocycles. The molecule has 0 spiro atoms. The van der Waals surface area contributed by atoms with Crippen molar-refractivity contribution in [3.8, 4) is 5.75 Å². The molecule has 1 atom stereocenters. The second-order valence-corrected chi connectivity index (χ2v) is 4.61. The van der Waals surface area contributed by atoms with E-state index in [1.807, 2.05) is 6.92 Å². The van der Waals surface area contributed by atoms with Crippen LogP contribution in [-0.2, 0) is 0 Å². The fraction of sp³-hybridized carbons (Fsp3) is 0.333. The number of phenols is 1. The molecule has 0 saturated carbocycles. The fourth-order valence-corrected chi connectivity index (χ4v) is 1.53. The maximum Gasteiger partial charge on any atom is 0.255 e. The highest BCUT2D eigenvalue weighted by Crippen LogP contribution is 2.17. The number of nitrogens with two attached hydrogens (primary N) is 1. The summed E-state index contributed by atoms with van der Waals surface area (Å²) in [5.41, 5.74) is 4.53. The van der Waals surface area contributed by atoms with E-state index in [4.69, 9.17) is 23.1 Å². The smallest absolute Gasteiger partial charge is 0.255 e. The van der Waals surface area contributed by atoms with E-state index in [1.165, 1.54) is 12.1 Å². The minimum atomic E-state index is -0.864. The molecule has 6 heteroatoms. The average Bonchev–Trinajstić information content (AvgIpc) is 2.28. The van der Waals surface area contributed by atoms with Crippen molar-refractivity contribution in [3.63, 3.8) is 0 Å². The Bertz CT molecular complexity index is 493. The van der Waals surface area contributed by atoms with Crippen molar-refractivity contribution in [1.82, 2.24) is 5.32 Å². The molecule has 0 aliphatic rings. The van der Waals surface area contributed by atoms with E-state index < -0.39 is 17.3 Å². The van der Waals surface area contributed by atoms with Crippen LogP contribution in [0.2, 0.25) is 0 Å². The van der Waals surface area contributed by atoms with Crippen LogP contribution in [0.1, 0.15) is 30.6 Å². The monoisotopic (exact) mass is 270 g/mol. The van der Waals surface area contributed by atoms with Gasteiger partial charge in [0.15, 0.2) is 0 Å². The first-order valence-corrected chi connectivity index (χ1v) is 5.82. The Morgan fingerprint density at radius 2 is 2.22 bits per heavy atom. The molecule has 4 nitrogen and oxygen atoms in total. The zero-order valence-electron chi connectivity index (χ0n) is 10.2. The quantitative estimate of drug-likeness (QED) is 0.728. The van der Waals surface area contributed by atoms with E-state index >= 15 is 0 Å². The van der Waals surface area contributed by atoms with Crippen LogP contribution in [0.3, 0.4) is 0 Å². The molecule has 18 heavy (non-hydrogen) atoms. The lowest BCUT2D eigenvalue weighted by molar-refractivity contribution is 0.0922. The van der Waals surface area contributed by atoms with Gasteiger partial charge in [0.25, 0.3) is 5.91 Å². The number of nitrogens with one attached hydrogen (secondary N) is 1. The van der Waals surface area contributed by atoms with Crippen molar-refractivity contribution in [2.45, 2.75) is 25.8 Å². The van der Waals surface area contributed by atoms with E-state index in [1.54, 1.807) is 6.92 Å². The number of phenolic OH excluding ortho intramolecular Hbond substituents is 1. The van der Waals surface area contributed by atoms with Crippen molar-refractivity contribution in [1.29, 1.82) is 0 Å². The third kappa shape index (κ3) is 2.95. The highest BCUT2D eigenvalue weighted by molar-refractivity contribution is 7.80. The van der Waals surface area contributed by atoms with Crippen LogP contribution < -0.4 is 11.1 Å². The van der Waals surface area contributed by atoms with Crippen molar-refractivity contribution in [2.75, 3.05) is 0 Å². The highest BCUT2D eigenvalue weighted by Gasteiger charge is 2.28. The molecule has 0 saturated heterocycles. The zero-order valence-corrected chi connectivity index (χ0v) is 11.0. The summed E-state index contributed by atoms with van der Waals surface area (Å²) in [6.45, 7) is 3.48. The van der Waals surface area contributed by atoms with E-state index in [-0.39, 0.29) is 16.3 Å². The van der Waals surface area contributed by atoms with Gasteiger partial charge in [0.05, 0.1) is 16.1 Å². The Labute approximate surface area is 110 Å². The van der Waals surface area contributed by atoms with Gasteiger partial charge in [-0.3, -0.25) is 4.79 Å². The van der Waals surface area contributed by atoms with Crippen molar-refractivity contribution in [2.24, 2.45) is 5.73 Å². The summed E-state index contributed by atoms with van der Waals surface area (Å²) in [6.07, 6.45) is 0.494. The van der Waals surface area contributed by atoms with Gasteiger partial charge in [0.1, 0.15) is 11.6 Å². The van der Waals surface area contributed by atoms with Gasteiger partial charge in [-0.15, -0.1) is 0 Å². The van der Waals surface area contributed by atoms with Gasteiger partial charge in [-0.2, -0.15) is 0 Å². The van der Waals surface area contributed by atoms with Gasteiger partial charge in [-0.05, 0) is 25.5 Å². The molecule has 98 valence electrons. The summed E-state index contributed by atoms with van der Waals surface area (Å²) in [6, 6.07) is 3.32. The fourth-order valence-electron chi connectivity index (χ4n) is 1.33. The summed E-state index contributed by atoms with van der Waals surface area (Å²) >= 11 is 4.88. The lowest BCUT2D eigenvalue weighted by Crippen LogP contribution is -2.54. The minimum absolute atomic E-state index is 0.137. The van der Waals surface area contributed by atoms with Crippen molar-refractivity contribution >= 4 is 23.1 Å². The van der Waals surface area contributed by atoms with Gasteiger partial charge in [-0.1, -0.05) is 19.1 Å². The number of carbonyl (C=O) groups excluding carboxylic acids is 1. The van der Waals surface area contributed by atoms with Gasteiger partial charge in [-0.25, -0.2) is 4.39 Å². The van der Waals surface area contributed by atoms with E-state index in [2.05, 4.69) is 5.32 Å². The van der Waals surface area contributed by atoms with E-state index in [9.17, 15) is 9.18 Å². The molecule has 0 fully saturated rings. The third-order valence-electron chi connectivity index (χ3n) is 2.84. The first-order valence-electron chi connectivity index (χ1n) is 5.41. The molecule has 0 bridgehead atoms. The molecule has 4 N–H and O–H groups in total. The standard InChI is InChI=1S/C12H15FN2O2S/c1-3-12(2,11(14)18)15-10(17)8-5-4-7(16)6-9(8)13/h4-6,16H,3H2,1-2H3,(H2,14,18)(H,15,17). The second-order valence-electron chi connectivity index (χ2n) is 4.17. The van der Waals surface area contributed by atoms with Gasteiger partial charge >= 0.3 is 0 Å². The van der Waals surface area contributed by atoms with Crippen LogP contribution in [0.15, 0.2) is 18.2 Å². The number of amides is 1. The lowest BCUT2D eigenvalue weighted by atomic mass is 9.98. The predicted octanol–water partition coefficient (Wildman–Crippen LogP) is 1.72.